The van der Waals surface area contributed by atoms with Crippen LogP contribution < -0.4 is 24.8 Å². The van der Waals surface area contributed by atoms with Crippen LogP contribution in [0.1, 0.15) is 93.0 Å². The van der Waals surface area contributed by atoms with Crippen molar-refractivity contribution < 1.29 is 45.1 Å². The van der Waals surface area contributed by atoms with Crippen LogP contribution in [0.2, 0.25) is 8.26 Å². The predicted octanol–water partition coefficient (Wildman–Crippen LogP) is 13.3. The molecule has 0 bridgehead atoms. The van der Waals surface area contributed by atoms with Crippen LogP contribution in [0, 0.1) is 13.8 Å². The molecule has 1 saturated heterocycles. The maximum atomic E-state index is 2.74. The summed E-state index contributed by atoms with van der Waals surface area (Å²) in [5.41, 5.74) is 28.5. The zero-order chi connectivity index (χ0) is 45.5. The summed E-state index contributed by atoms with van der Waals surface area (Å²) in [4.78, 5) is 0. The standard InChI is InChI=1S/2C32H29.C2H4.2ClH.Zr/c2*1-3-4-11-24-18-31-23(2)16-17-30(32(31)19-24)29-21-27(25-12-7-5-8-13-25)20-28(22-29)26-14-9-6-10-15-26;1-2;;;/h2*5-10,12-22H,3-4,11H2,1-2H3;1-2H2;2*1H;/q;;;;;+2/p-2. The first kappa shape index (κ1) is 48.7. The van der Waals surface area contributed by atoms with Gasteiger partial charge in [-0.15, -0.1) is 0 Å². The number of benzene rings is 8. The molecule has 0 amide bonds. The van der Waals surface area contributed by atoms with Crippen molar-refractivity contribution in [2.75, 3.05) is 0 Å². The van der Waals surface area contributed by atoms with Gasteiger partial charge in [-0.3, -0.25) is 0 Å². The number of allylic oxidation sites excluding steroid dienone is 2. The molecular formula is C66H62Cl2Zr. The Morgan fingerprint density at radius 3 is 0.971 bits per heavy atom. The fraction of sp³-hybridized carbons (Fsp3) is 0.212. The normalized spacial score (nSPS) is 15.7. The molecule has 1 aliphatic heterocycles. The van der Waals surface area contributed by atoms with Crippen LogP contribution in [0.3, 0.4) is 0 Å². The first-order chi connectivity index (χ1) is 32.9. The summed E-state index contributed by atoms with van der Waals surface area (Å²) in [5, 5.41) is 0. The van der Waals surface area contributed by atoms with E-state index < -0.39 is 20.3 Å². The number of unbranched alkanes of at least 4 members (excludes halogenated alkanes) is 2. The van der Waals surface area contributed by atoms with Crippen molar-refractivity contribution >= 4 is 12.2 Å². The number of fused-ring (bicyclic) bond motifs is 2. The smallest absolute Gasteiger partial charge is 1.00 e. The molecule has 8 aromatic rings. The number of hydrogen-bond donors (Lipinski definition) is 0. The van der Waals surface area contributed by atoms with Gasteiger partial charge in [0.05, 0.1) is 0 Å². The van der Waals surface area contributed by atoms with Crippen molar-refractivity contribution in [3.63, 3.8) is 0 Å². The van der Waals surface area contributed by atoms with E-state index in [2.05, 4.69) is 222 Å². The molecule has 1 fully saturated rings. The molecule has 69 heavy (non-hydrogen) atoms. The minimum atomic E-state index is -3.12. The van der Waals surface area contributed by atoms with E-state index >= 15 is 0 Å². The van der Waals surface area contributed by atoms with Gasteiger partial charge >= 0.3 is 407 Å². The second-order valence-electron chi connectivity index (χ2n) is 19.8. The van der Waals surface area contributed by atoms with Gasteiger partial charge in [-0.2, -0.15) is 0 Å². The molecule has 2 unspecified atom stereocenters. The second-order valence-corrected chi connectivity index (χ2v) is 31.2. The van der Waals surface area contributed by atoms with Crippen LogP contribution in [0.25, 0.3) is 78.9 Å². The van der Waals surface area contributed by atoms with Crippen molar-refractivity contribution in [2.45, 2.75) is 81.7 Å². The topological polar surface area (TPSA) is 0 Å². The molecule has 0 N–H and O–H groups in total. The van der Waals surface area contributed by atoms with Crippen LogP contribution in [0.15, 0.2) is 193 Å². The quantitative estimate of drug-likeness (QED) is 0.102. The molecule has 8 aromatic carbocycles. The summed E-state index contributed by atoms with van der Waals surface area (Å²) in [6.45, 7) is 9.64. The molecular weight excluding hydrogens is 955 g/mol. The van der Waals surface area contributed by atoms with E-state index in [0.717, 1.165) is 0 Å². The van der Waals surface area contributed by atoms with E-state index in [1.807, 2.05) is 0 Å². The Bertz CT molecular complexity index is 2840. The monoisotopic (exact) mass is 1010 g/mol. The average Bonchev–Trinajstić information content (AvgIpc) is 3.92. The number of rotatable bonds is 14. The molecule has 0 nitrogen and oxygen atoms in total. The third-order valence-corrected chi connectivity index (χ3v) is 28.5. The van der Waals surface area contributed by atoms with E-state index in [0.29, 0.717) is 7.25 Å². The number of hydrogen-bond acceptors (Lipinski definition) is 0. The molecule has 3 heteroatoms. The maximum absolute atomic E-state index is 3.12. The molecule has 2 aliphatic carbocycles. The summed E-state index contributed by atoms with van der Waals surface area (Å²) in [7, 11) is 0. The predicted molar refractivity (Wildman–Crippen MR) is 285 cm³/mol. The zero-order valence-electron chi connectivity index (χ0n) is 40.5. The van der Waals surface area contributed by atoms with Crippen molar-refractivity contribution in [3.05, 3.63) is 227 Å². The van der Waals surface area contributed by atoms with Gasteiger partial charge in [0.25, 0.3) is 0 Å². The Labute approximate surface area is 428 Å². The molecule has 0 aromatic heterocycles. The van der Waals surface area contributed by atoms with Crippen molar-refractivity contribution in [1.29, 1.82) is 0 Å². The molecule has 0 radical (unpaired) electrons. The minimum Gasteiger partial charge on any atom is -1.00 e. The van der Waals surface area contributed by atoms with E-state index in [1.165, 1.54) is 136 Å². The number of halogens is 2. The summed E-state index contributed by atoms with van der Waals surface area (Å²) in [6, 6.07) is 68.5. The van der Waals surface area contributed by atoms with Crippen molar-refractivity contribution in [2.24, 2.45) is 0 Å². The second kappa shape index (κ2) is 21.0. The van der Waals surface area contributed by atoms with E-state index in [1.54, 1.807) is 22.3 Å². The summed E-state index contributed by atoms with van der Waals surface area (Å²) in [5.74, 6) is 0. The van der Waals surface area contributed by atoms with E-state index in [4.69, 9.17) is 0 Å². The van der Waals surface area contributed by atoms with Gasteiger partial charge in [0.15, 0.2) is 0 Å². The third kappa shape index (κ3) is 9.29. The van der Waals surface area contributed by atoms with Gasteiger partial charge in [-0.05, 0) is 0 Å². The van der Waals surface area contributed by atoms with Crippen molar-refractivity contribution in [1.82, 2.24) is 0 Å². The maximum Gasteiger partial charge on any atom is -1.00 e. The molecule has 11 rings (SSSR count). The Morgan fingerprint density at radius 1 is 0.377 bits per heavy atom. The Kier molecular flexibility index (Phi) is 14.8. The SMILES string of the molecule is CCCCC1=Cc2c(-c3cc(-c4ccccc4)cc(-c4ccccc4)c3)ccc(C)c2[CH]1[Zr+2]1([CH]2C(CCCC)=Cc3c(-c4cc(-c5ccccc5)cc(-c5ccccc5)c4)ccc(C)c32)[CH2][CH2]1.[Cl-].[Cl-]. The zero-order valence-corrected chi connectivity index (χ0v) is 44.5. The van der Waals surface area contributed by atoms with E-state index in [-0.39, 0.29) is 24.8 Å². The summed E-state index contributed by atoms with van der Waals surface area (Å²) >= 11 is -3.12. The molecule has 344 valence electrons. The third-order valence-electron chi connectivity index (χ3n) is 15.5. The largest absolute Gasteiger partial charge is 1.00 e. The first-order valence-corrected chi connectivity index (χ1v) is 31.5. The van der Waals surface area contributed by atoms with Crippen LogP contribution in [0.4, 0.5) is 0 Å². The molecule has 2 atom stereocenters. The summed E-state index contributed by atoms with van der Waals surface area (Å²) in [6.07, 6.45) is 12.8. The average molecular weight is 1020 g/mol. The van der Waals surface area contributed by atoms with Gasteiger partial charge in [-0.1, -0.05) is 0 Å². The Morgan fingerprint density at radius 2 is 0.681 bits per heavy atom. The van der Waals surface area contributed by atoms with Crippen LogP contribution in [-0.2, 0) is 20.3 Å². The Balaban J connectivity index is 0.00000296. The molecule has 3 aliphatic rings. The van der Waals surface area contributed by atoms with Gasteiger partial charge in [0.1, 0.15) is 0 Å². The van der Waals surface area contributed by atoms with Crippen LogP contribution >= 0.6 is 0 Å². The Hall–Kier alpha value is -5.30. The summed E-state index contributed by atoms with van der Waals surface area (Å²) < 4.78 is 4.12. The van der Waals surface area contributed by atoms with Gasteiger partial charge in [0, 0.05) is 0 Å². The molecule has 0 saturated carbocycles. The number of aryl methyl sites for hydroxylation is 2. The molecule has 0 spiro atoms. The fourth-order valence-electron chi connectivity index (χ4n) is 12.1. The van der Waals surface area contributed by atoms with Crippen molar-refractivity contribution in [3.8, 4) is 66.8 Å². The van der Waals surface area contributed by atoms with Gasteiger partial charge < -0.3 is 24.8 Å². The van der Waals surface area contributed by atoms with Crippen LogP contribution in [0.5, 0.6) is 0 Å². The first-order valence-electron chi connectivity index (χ1n) is 25.1. The van der Waals surface area contributed by atoms with Gasteiger partial charge in [-0.25, -0.2) is 0 Å². The van der Waals surface area contributed by atoms with Crippen LogP contribution in [-0.4, -0.2) is 0 Å². The van der Waals surface area contributed by atoms with E-state index in [9.17, 15) is 0 Å². The van der Waals surface area contributed by atoms with Gasteiger partial charge in [0.2, 0.25) is 0 Å². The minimum absolute atomic E-state index is 0. The molecule has 1 heterocycles. The fourth-order valence-corrected chi connectivity index (χ4v) is 30.2.